The molecule has 0 aliphatic carbocycles. The summed E-state index contributed by atoms with van der Waals surface area (Å²) in [6, 6.07) is 5.26. The van der Waals surface area contributed by atoms with E-state index in [1.54, 1.807) is 12.4 Å². The van der Waals surface area contributed by atoms with Gasteiger partial charge in [-0.05, 0) is 35.7 Å². The number of aromatic amines is 1. The molecule has 6 heteroatoms. The highest BCUT2D eigenvalue weighted by atomic mass is 35.5. The van der Waals surface area contributed by atoms with Crippen LogP contribution in [0.4, 0.5) is 4.39 Å². The van der Waals surface area contributed by atoms with Crippen molar-refractivity contribution in [3.63, 3.8) is 0 Å². The third-order valence-electron chi connectivity index (χ3n) is 5.93. The van der Waals surface area contributed by atoms with Crippen LogP contribution in [0, 0.1) is 24.6 Å². The molecule has 3 heterocycles. The van der Waals surface area contributed by atoms with Crippen LogP contribution >= 0.6 is 11.6 Å². The molecular weight excluding hydrogens is 365 g/mol. The normalized spacial score (nSPS) is 25.9. The molecule has 0 saturated carbocycles. The number of aryl methyl sites for hydroxylation is 1. The quantitative estimate of drug-likeness (QED) is 0.611. The molecule has 0 spiro atoms. The van der Waals surface area contributed by atoms with Gasteiger partial charge in [0.25, 0.3) is 0 Å². The summed E-state index contributed by atoms with van der Waals surface area (Å²) in [7, 11) is 0. The monoisotopic (exact) mass is 387 g/mol. The van der Waals surface area contributed by atoms with Crippen molar-refractivity contribution in [2.45, 2.75) is 26.4 Å². The van der Waals surface area contributed by atoms with Gasteiger partial charge >= 0.3 is 0 Å². The third kappa shape index (κ3) is 2.76. The van der Waals surface area contributed by atoms with Crippen LogP contribution in [0.3, 0.4) is 0 Å². The maximum atomic E-state index is 15.4. The van der Waals surface area contributed by atoms with Crippen molar-refractivity contribution < 1.29 is 9.50 Å². The summed E-state index contributed by atoms with van der Waals surface area (Å²) in [6.45, 7) is 7.10. The molecule has 3 atom stereocenters. The number of hydrogen-bond donors (Lipinski definition) is 3. The van der Waals surface area contributed by atoms with E-state index in [0.29, 0.717) is 29.3 Å². The average Bonchev–Trinajstić information content (AvgIpc) is 3.00. The first-order valence-corrected chi connectivity index (χ1v) is 9.57. The van der Waals surface area contributed by atoms with E-state index in [0.717, 1.165) is 22.1 Å². The van der Waals surface area contributed by atoms with Crippen LogP contribution in [0.1, 0.15) is 25.0 Å². The van der Waals surface area contributed by atoms with Gasteiger partial charge in [-0.25, -0.2) is 9.37 Å². The fraction of sp³-hybridized carbons (Fsp3) is 0.381. The van der Waals surface area contributed by atoms with Crippen molar-refractivity contribution in [1.82, 2.24) is 15.3 Å². The van der Waals surface area contributed by atoms with Gasteiger partial charge in [-0.1, -0.05) is 31.5 Å². The second-order valence-electron chi connectivity index (χ2n) is 7.65. The molecule has 0 bridgehead atoms. The van der Waals surface area contributed by atoms with E-state index in [-0.39, 0.29) is 17.7 Å². The molecule has 27 heavy (non-hydrogen) atoms. The van der Waals surface area contributed by atoms with E-state index in [1.807, 2.05) is 32.9 Å². The number of piperidine rings is 1. The molecule has 3 aromatic rings. The number of H-pyrrole nitrogens is 1. The third-order valence-corrected chi connectivity index (χ3v) is 6.23. The molecule has 4 rings (SSSR count). The Labute approximate surface area is 162 Å². The Morgan fingerprint density at radius 2 is 1.96 bits per heavy atom. The second-order valence-corrected chi connectivity index (χ2v) is 8.06. The Morgan fingerprint density at radius 3 is 2.63 bits per heavy atom. The van der Waals surface area contributed by atoms with Crippen molar-refractivity contribution in [2.75, 3.05) is 13.1 Å². The topological polar surface area (TPSA) is 60.9 Å². The molecule has 2 aromatic heterocycles. The van der Waals surface area contributed by atoms with Crippen LogP contribution in [0.15, 0.2) is 30.6 Å². The summed E-state index contributed by atoms with van der Waals surface area (Å²) in [5.74, 6) is -0.566. The van der Waals surface area contributed by atoms with Gasteiger partial charge in [0.1, 0.15) is 17.1 Å². The number of halogens is 2. The van der Waals surface area contributed by atoms with Gasteiger partial charge in [-0.2, -0.15) is 0 Å². The molecule has 1 aliphatic heterocycles. The lowest BCUT2D eigenvalue weighted by Crippen LogP contribution is -2.53. The standard InChI is InChI=1S/C21H23ClFN3O/c1-11-6-14(15-4-5-25-20-18(15)16(22)10-26-20)7-17(23)19(11)21(27)12(2)8-24-9-13(21)3/h4-7,10,12-13,24,27H,8-9H2,1-3H3,(H,25,26)/t12-,13+,21-. The van der Waals surface area contributed by atoms with Crippen molar-refractivity contribution in [2.24, 2.45) is 11.8 Å². The molecule has 0 amide bonds. The maximum Gasteiger partial charge on any atom is 0.139 e. The zero-order valence-corrected chi connectivity index (χ0v) is 16.4. The number of aliphatic hydroxyl groups is 1. The van der Waals surface area contributed by atoms with E-state index >= 15 is 4.39 Å². The predicted molar refractivity (Wildman–Crippen MR) is 106 cm³/mol. The molecule has 1 saturated heterocycles. The summed E-state index contributed by atoms with van der Waals surface area (Å²) in [5.41, 5.74) is 2.15. The van der Waals surface area contributed by atoms with Crippen LogP contribution in [0.5, 0.6) is 0 Å². The molecular formula is C21H23ClFN3O. The van der Waals surface area contributed by atoms with Crippen molar-refractivity contribution in [3.8, 4) is 11.1 Å². The highest BCUT2D eigenvalue weighted by molar-refractivity contribution is 6.36. The minimum atomic E-state index is -1.20. The first kappa shape index (κ1) is 18.4. The molecule has 1 fully saturated rings. The van der Waals surface area contributed by atoms with E-state index in [4.69, 9.17) is 11.6 Å². The number of hydrogen-bond acceptors (Lipinski definition) is 3. The number of rotatable bonds is 2. The van der Waals surface area contributed by atoms with Gasteiger partial charge < -0.3 is 15.4 Å². The summed E-state index contributed by atoms with van der Waals surface area (Å²) in [5, 5.41) is 16.1. The molecule has 0 radical (unpaired) electrons. The average molecular weight is 388 g/mol. The lowest BCUT2D eigenvalue weighted by Gasteiger charge is -2.45. The second kappa shape index (κ2) is 6.59. The zero-order valence-electron chi connectivity index (χ0n) is 15.6. The van der Waals surface area contributed by atoms with E-state index in [9.17, 15) is 5.11 Å². The Bertz CT molecular complexity index is 983. The van der Waals surface area contributed by atoms with E-state index < -0.39 is 5.60 Å². The summed E-state index contributed by atoms with van der Waals surface area (Å²) in [4.78, 5) is 7.30. The first-order chi connectivity index (χ1) is 12.8. The van der Waals surface area contributed by atoms with Gasteiger partial charge in [0.05, 0.1) is 5.02 Å². The van der Waals surface area contributed by atoms with E-state index in [1.165, 1.54) is 6.07 Å². The van der Waals surface area contributed by atoms with E-state index in [2.05, 4.69) is 15.3 Å². The fourth-order valence-electron chi connectivity index (χ4n) is 4.47. The predicted octanol–water partition coefficient (Wildman–Crippen LogP) is 4.39. The van der Waals surface area contributed by atoms with Crippen LogP contribution in [-0.4, -0.2) is 28.2 Å². The number of fused-ring (bicyclic) bond motifs is 1. The van der Waals surface area contributed by atoms with Gasteiger partial charge in [0.15, 0.2) is 0 Å². The van der Waals surface area contributed by atoms with Crippen LogP contribution < -0.4 is 5.32 Å². The molecule has 1 aliphatic rings. The van der Waals surface area contributed by atoms with Crippen molar-refractivity contribution in [3.05, 3.63) is 52.6 Å². The lowest BCUT2D eigenvalue weighted by molar-refractivity contribution is -0.0835. The summed E-state index contributed by atoms with van der Waals surface area (Å²) >= 11 is 6.31. The molecule has 142 valence electrons. The number of nitrogens with zero attached hydrogens (tertiary/aromatic N) is 1. The lowest BCUT2D eigenvalue weighted by atomic mass is 9.69. The largest absolute Gasteiger partial charge is 0.384 e. The Morgan fingerprint density at radius 1 is 1.26 bits per heavy atom. The van der Waals surface area contributed by atoms with Gasteiger partial charge in [0.2, 0.25) is 0 Å². The number of benzene rings is 1. The Hall–Kier alpha value is -1.95. The highest BCUT2D eigenvalue weighted by Crippen LogP contribution is 2.43. The Balaban J connectivity index is 1.89. The van der Waals surface area contributed by atoms with Gasteiger partial charge in [-0.15, -0.1) is 0 Å². The fourth-order valence-corrected chi connectivity index (χ4v) is 4.72. The smallest absolute Gasteiger partial charge is 0.139 e. The van der Waals surface area contributed by atoms with Gasteiger partial charge in [0, 0.05) is 48.3 Å². The van der Waals surface area contributed by atoms with Crippen molar-refractivity contribution in [1.29, 1.82) is 0 Å². The van der Waals surface area contributed by atoms with Crippen molar-refractivity contribution >= 4 is 22.6 Å². The minimum Gasteiger partial charge on any atom is -0.384 e. The molecule has 1 aromatic carbocycles. The van der Waals surface area contributed by atoms with Crippen LogP contribution in [0.2, 0.25) is 5.02 Å². The number of nitrogens with one attached hydrogen (secondary N) is 2. The maximum absolute atomic E-state index is 15.4. The highest BCUT2D eigenvalue weighted by Gasteiger charge is 2.45. The van der Waals surface area contributed by atoms with Crippen LogP contribution in [0.25, 0.3) is 22.2 Å². The summed E-state index contributed by atoms with van der Waals surface area (Å²) in [6.07, 6.45) is 3.36. The van der Waals surface area contributed by atoms with Gasteiger partial charge in [-0.3, -0.25) is 0 Å². The summed E-state index contributed by atoms with van der Waals surface area (Å²) < 4.78 is 15.4. The SMILES string of the molecule is Cc1cc(-c2ccnc3[nH]cc(Cl)c23)cc(F)c1[C@@]1(O)[C@H](C)CNC[C@@H]1C. The molecule has 4 nitrogen and oxygen atoms in total. The molecule has 0 unspecified atom stereocenters. The number of aromatic nitrogens is 2. The zero-order chi connectivity index (χ0) is 19.3. The number of pyridine rings is 1. The first-order valence-electron chi connectivity index (χ1n) is 9.19. The Kier molecular flexibility index (Phi) is 4.49. The molecule has 3 N–H and O–H groups in total. The minimum absolute atomic E-state index is 0.0907. The van der Waals surface area contributed by atoms with Crippen LogP contribution in [-0.2, 0) is 5.60 Å².